The molecule has 0 saturated carbocycles. The van der Waals surface area contributed by atoms with Gasteiger partial charge in [0.2, 0.25) is 10.0 Å². The fourth-order valence-electron chi connectivity index (χ4n) is 3.79. The molecule has 0 unspecified atom stereocenters. The molecule has 1 aliphatic rings. The predicted octanol–water partition coefficient (Wildman–Crippen LogP) is 2.59. The molecular weight excluding hydrogens is 392 g/mol. The highest BCUT2D eigenvalue weighted by molar-refractivity contribution is 7.89. The van der Waals surface area contributed by atoms with E-state index in [1.807, 2.05) is 16.6 Å². The molecule has 156 valence electrons. The molecule has 0 atom stereocenters. The molecule has 9 nitrogen and oxygen atoms in total. The van der Waals surface area contributed by atoms with Gasteiger partial charge in [-0.1, -0.05) is 25.9 Å². The van der Waals surface area contributed by atoms with Crippen LogP contribution in [0.25, 0.3) is 5.65 Å². The highest BCUT2D eigenvalue weighted by Gasteiger charge is 2.35. The standard InChI is InChI=1S/C19H26N6O3S/c1-12-17(13(2)28-23-12)29(26,27)24-10-8-14(9-11-24)18-21-20-16-7-6-15(19(3,4)5)22-25(16)18/h6-7,14H,8-11H2,1-5H3. The Morgan fingerprint density at radius 3 is 2.38 bits per heavy atom. The number of hydrogen-bond acceptors (Lipinski definition) is 7. The van der Waals surface area contributed by atoms with Crippen LogP contribution < -0.4 is 0 Å². The van der Waals surface area contributed by atoms with Crippen molar-refractivity contribution in [1.82, 2.24) is 29.3 Å². The Hall–Kier alpha value is -2.33. The van der Waals surface area contributed by atoms with Gasteiger partial charge in [-0.25, -0.2) is 8.42 Å². The van der Waals surface area contributed by atoms with Crippen molar-refractivity contribution in [2.45, 2.75) is 63.7 Å². The summed E-state index contributed by atoms with van der Waals surface area (Å²) in [5, 5.41) is 17.1. The lowest BCUT2D eigenvalue weighted by atomic mass is 9.92. The molecule has 1 aliphatic heterocycles. The van der Waals surface area contributed by atoms with E-state index in [0.717, 1.165) is 11.5 Å². The molecule has 0 N–H and O–H groups in total. The van der Waals surface area contributed by atoms with E-state index in [-0.39, 0.29) is 16.2 Å². The van der Waals surface area contributed by atoms with Crippen molar-refractivity contribution in [2.24, 2.45) is 0 Å². The smallest absolute Gasteiger partial charge is 0.248 e. The van der Waals surface area contributed by atoms with E-state index in [0.29, 0.717) is 43.0 Å². The van der Waals surface area contributed by atoms with E-state index in [1.54, 1.807) is 13.8 Å². The maximum absolute atomic E-state index is 13.0. The maximum Gasteiger partial charge on any atom is 0.248 e. The van der Waals surface area contributed by atoms with Crippen LogP contribution in [0.15, 0.2) is 21.6 Å². The Morgan fingerprint density at radius 2 is 1.79 bits per heavy atom. The molecule has 0 spiro atoms. The molecule has 0 aromatic carbocycles. The van der Waals surface area contributed by atoms with Crippen LogP contribution in [-0.4, -0.2) is 50.8 Å². The SMILES string of the molecule is Cc1noc(C)c1S(=O)(=O)N1CCC(c2nnc3ccc(C(C)(C)C)nn23)CC1. The molecular formula is C19H26N6O3S. The van der Waals surface area contributed by atoms with Gasteiger partial charge in [0.05, 0.1) is 5.69 Å². The van der Waals surface area contributed by atoms with E-state index < -0.39 is 10.0 Å². The third kappa shape index (κ3) is 3.44. The Labute approximate surface area is 170 Å². The van der Waals surface area contributed by atoms with Crippen LogP contribution in [0.3, 0.4) is 0 Å². The van der Waals surface area contributed by atoms with E-state index in [9.17, 15) is 8.42 Å². The molecule has 0 radical (unpaired) electrons. The van der Waals surface area contributed by atoms with E-state index in [2.05, 4.69) is 36.1 Å². The van der Waals surface area contributed by atoms with Crippen molar-refractivity contribution in [1.29, 1.82) is 0 Å². The molecule has 4 rings (SSSR count). The first-order chi connectivity index (χ1) is 13.6. The topological polar surface area (TPSA) is 106 Å². The van der Waals surface area contributed by atoms with Gasteiger partial charge in [-0.15, -0.1) is 10.2 Å². The predicted molar refractivity (Wildman–Crippen MR) is 106 cm³/mol. The summed E-state index contributed by atoms with van der Waals surface area (Å²) in [6, 6.07) is 3.91. The van der Waals surface area contributed by atoms with Crippen LogP contribution in [-0.2, 0) is 15.4 Å². The number of sulfonamides is 1. The van der Waals surface area contributed by atoms with Gasteiger partial charge in [0.15, 0.2) is 17.2 Å². The lowest BCUT2D eigenvalue weighted by molar-refractivity contribution is 0.310. The van der Waals surface area contributed by atoms with Gasteiger partial charge in [0.25, 0.3) is 0 Å². The largest absolute Gasteiger partial charge is 0.360 e. The second kappa shape index (κ2) is 6.88. The Morgan fingerprint density at radius 1 is 1.10 bits per heavy atom. The van der Waals surface area contributed by atoms with Crippen LogP contribution in [0.4, 0.5) is 0 Å². The first-order valence-electron chi connectivity index (χ1n) is 9.75. The van der Waals surface area contributed by atoms with Gasteiger partial charge in [-0.3, -0.25) is 0 Å². The molecule has 1 fully saturated rings. The number of rotatable bonds is 3. The average Bonchev–Trinajstić information content (AvgIpc) is 3.23. The van der Waals surface area contributed by atoms with Crippen LogP contribution in [0.1, 0.15) is 62.5 Å². The van der Waals surface area contributed by atoms with Gasteiger partial charge >= 0.3 is 0 Å². The van der Waals surface area contributed by atoms with Crippen molar-refractivity contribution >= 4 is 15.7 Å². The van der Waals surface area contributed by atoms with Crippen molar-refractivity contribution in [3.8, 4) is 0 Å². The monoisotopic (exact) mass is 418 g/mol. The quantitative estimate of drug-likeness (QED) is 0.643. The van der Waals surface area contributed by atoms with Gasteiger partial charge in [0, 0.05) is 24.4 Å². The third-order valence-corrected chi connectivity index (χ3v) is 7.58. The number of aromatic nitrogens is 5. The first-order valence-corrected chi connectivity index (χ1v) is 11.2. The maximum atomic E-state index is 13.0. The van der Waals surface area contributed by atoms with E-state index >= 15 is 0 Å². The minimum absolute atomic E-state index is 0.0818. The minimum Gasteiger partial charge on any atom is -0.360 e. The Bertz CT molecular complexity index is 1130. The molecule has 10 heteroatoms. The third-order valence-electron chi connectivity index (χ3n) is 5.44. The van der Waals surface area contributed by atoms with Crippen molar-refractivity contribution in [3.05, 3.63) is 35.1 Å². The summed E-state index contributed by atoms with van der Waals surface area (Å²) in [6.07, 6.45) is 1.32. The zero-order valence-electron chi connectivity index (χ0n) is 17.4. The minimum atomic E-state index is -3.62. The molecule has 1 saturated heterocycles. The fraction of sp³-hybridized carbons (Fsp3) is 0.579. The van der Waals surface area contributed by atoms with Gasteiger partial charge in [0.1, 0.15) is 10.6 Å². The number of hydrogen-bond donors (Lipinski definition) is 0. The summed E-state index contributed by atoms with van der Waals surface area (Å²) in [6.45, 7) is 10.4. The lowest BCUT2D eigenvalue weighted by Gasteiger charge is -2.30. The van der Waals surface area contributed by atoms with Crippen LogP contribution in [0, 0.1) is 13.8 Å². The molecule has 3 aromatic rings. The zero-order chi connectivity index (χ0) is 21.0. The molecule has 4 heterocycles. The molecule has 3 aromatic heterocycles. The summed E-state index contributed by atoms with van der Waals surface area (Å²) < 4.78 is 34.4. The molecule has 0 aliphatic carbocycles. The molecule has 0 bridgehead atoms. The van der Waals surface area contributed by atoms with Gasteiger partial charge < -0.3 is 4.52 Å². The Kier molecular flexibility index (Phi) is 4.73. The van der Waals surface area contributed by atoms with Crippen LogP contribution in [0.2, 0.25) is 0 Å². The van der Waals surface area contributed by atoms with Gasteiger partial charge in [-0.2, -0.15) is 13.9 Å². The van der Waals surface area contributed by atoms with Crippen LogP contribution in [0.5, 0.6) is 0 Å². The first kappa shape index (κ1) is 20.0. The number of piperidine rings is 1. The number of nitrogens with zero attached hydrogens (tertiary/aromatic N) is 6. The number of aryl methyl sites for hydroxylation is 2. The van der Waals surface area contributed by atoms with Crippen molar-refractivity contribution < 1.29 is 12.9 Å². The number of fused-ring (bicyclic) bond motifs is 1. The zero-order valence-corrected chi connectivity index (χ0v) is 18.2. The summed E-state index contributed by atoms with van der Waals surface area (Å²) >= 11 is 0. The van der Waals surface area contributed by atoms with Crippen molar-refractivity contribution in [3.63, 3.8) is 0 Å². The summed E-state index contributed by atoms with van der Waals surface area (Å²) in [7, 11) is -3.62. The fourth-order valence-corrected chi connectivity index (χ4v) is 5.55. The second-order valence-corrected chi connectivity index (χ2v) is 10.5. The van der Waals surface area contributed by atoms with E-state index in [4.69, 9.17) is 9.62 Å². The highest BCUT2D eigenvalue weighted by Crippen LogP contribution is 2.32. The highest BCUT2D eigenvalue weighted by atomic mass is 32.2. The lowest BCUT2D eigenvalue weighted by Crippen LogP contribution is -2.38. The Balaban J connectivity index is 1.57. The summed E-state index contributed by atoms with van der Waals surface area (Å²) in [4.78, 5) is 0.181. The summed E-state index contributed by atoms with van der Waals surface area (Å²) in [5.41, 5.74) is 1.98. The molecule has 0 amide bonds. The second-order valence-electron chi connectivity index (χ2n) is 8.63. The molecule has 29 heavy (non-hydrogen) atoms. The van der Waals surface area contributed by atoms with Crippen molar-refractivity contribution in [2.75, 3.05) is 13.1 Å². The summed E-state index contributed by atoms with van der Waals surface area (Å²) in [5.74, 6) is 1.22. The van der Waals surface area contributed by atoms with E-state index in [1.165, 1.54) is 4.31 Å². The van der Waals surface area contributed by atoms with Crippen LogP contribution >= 0.6 is 0 Å². The normalized spacial score (nSPS) is 17.3. The van der Waals surface area contributed by atoms with Gasteiger partial charge in [-0.05, 0) is 38.8 Å². The average molecular weight is 419 g/mol.